The number of alkyl halides is 1. The maximum Gasteiger partial charge on any atom is 0.197 e. The minimum Gasteiger partial charge on any atom is -0.399 e. The Bertz CT molecular complexity index is 467. The lowest BCUT2D eigenvalue weighted by molar-refractivity contribution is 0.101. The van der Waals surface area contributed by atoms with Gasteiger partial charge in [0.1, 0.15) is 0 Å². The van der Waals surface area contributed by atoms with Gasteiger partial charge in [-0.15, -0.1) is 0 Å². The predicted octanol–water partition coefficient (Wildman–Crippen LogP) is 1.06. The molecule has 1 aromatic carbocycles. The van der Waals surface area contributed by atoms with E-state index in [0.717, 1.165) is 6.26 Å². The fourth-order valence-electron chi connectivity index (χ4n) is 0.973. The van der Waals surface area contributed by atoms with E-state index in [9.17, 15) is 13.2 Å². The number of carbonyl (C=O) groups is 1. The Balaban J connectivity index is 3.01. The highest BCUT2D eigenvalue weighted by molar-refractivity contribution is 7.93. The molecule has 0 aliphatic carbocycles. The minimum absolute atomic E-state index is 0.231. The maximum atomic E-state index is 11.6. The Morgan fingerprint density at radius 2 is 1.80 bits per heavy atom. The minimum atomic E-state index is -3.58. The van der Waals surface area contributed by atoms with E-state index in [1.165, 1.54) is 24.3 Å². The van der Waals surface area contributed by atoms with Gasteiger partial charge in [-0.1, -0.05) is 11.6 Å². The maximum absolute atomic E-state index is 11.6. The molecule has 82 valence electrons. The molecule has 1 rings (SSSR count). The van der Waals surface area contributed by atoms with Gasteiger partial charge in [0.05, 0.1) is 0 Å². The van der Waals surface area contributed by atoms with E-state index in [0.29, 0.717) is 5.69 Å². The first-order valence-electron chi connectivity index (χ1n) is 4.05. The Morgan fingerprint density at radius 3 is 2.20 bits per heavy atom. The van der Waals surface area contributed by atoms with Crippen molar-refractivity contribution in [1.82, 2.24) is 0 Å². The smallest absolute Gasteiger partial charge is 0.197 e. The average Bonchev–Trinajstić information content (AvgIpc) is 2.15. The van der Waals surface area contributed by atoms with Crippen LogP contribution in [0.2, 0.25) is 0 Å². The number of anilines is 1. The number of rotatable bonds is 3. The Kier molecular flexibility index (Phi) is 3.36. The van der Waals surface area contributed by atoms with Gasteiger partial charge in [0.25, 0.3) is 0 Å². The summed E-state index contributed by atoms with van der Waals surface area (Å²) in [5.74, 6) is -0.640. The lowest BCUT2D eigenvalue weighted by atomic mass is 10.1. The third-order valence-corrected chi connectivity index (χ3v) is 3.91. The van der Waals surface area contributed by atoms with E-state index in [-0.39, 0.29) is 5.56 Å². The van der Waals surface area contributed by atoms with Crippen LogP contribution in [0.3, 0.4) is 0 Å². The SMILES string of the molecule is CS(=O)(=O)C(Cl)C(=O)c1ccc(N)cc1. The molecule has 0 aromatic heterocycles. The number of sulfone groups is 1. The van der Waals surface area contributed by atoms with Crippen LogP contribution in [0.4, 0.5) is 5.69 Å². The number of ketones is 1. The van der Waals surface area contributed by atoms with Crippen molar-refractivity contribution in [2.75, 3.05) is 12.0 Å². The van der Waals surface area contributed by atoms with Gasteiger partial charge in [-0.3, -0.25) is 4.79 Å². The van der Waals surface area contributed by atoms with Crippen LogP contribution in [0.1, 0.15) is 10.4 Å². The van der Waals surface area contributed by atoms with Gasteiger partial charge in [-0.05, 0) is 24.3 Å². The number of hydrogen-bond acceptors (Lipinski definition) is 4. The third kappa shape index (κ3) is 2.94. The van der Waals surface area contributed by atoms with E-state index < -0.39 is 20.3 Å². The second-order valence-corrected chi connectivity index (χ2v) is 5.96. The monoisotopic (exact) mass is 247 g/mol. The first-order chi connectivity index (χ1) is 6.82. The summed E-state index contributed by atoms with van der Waals surface area (Å²) in [6, 6.07) is 5.91. The third-order valence-electron chi connectivity index (χ3n) is 1.78. The molecule has 0 spiro atoms. The Hall–Kier alpha value is -1.07. The van der Waals surface area contributed by atoms with Crippen molar-refractivity contribution in [2.24, 2.45) is 0 Å². The fraction of sp³-hybridized carbons (Fsp3) is 0.222. The summed E-state index contributed by atoms with van der Waals surface area (Å²) < 4.78 is 20.5. The highest BCUT2D eigenvalue weighted by Gasteiger charge is 2.26. The van der Waals surface area contributed by atoms with Crippen molar-refractivity contribution in [3.63, 3.8) is 0 Å². The number of nitrogens with two attached hydrogens (primary N) is 1. The second-order valence-electron chi connectivity index (χ2n) is 3.13. The standard InChI is InChI=1S/C9H10ClNO3S/c1-15(13,14)9(10)8(12)6-2-4-7(11)5-3-6/h2-5,9H,11H2,1H3. The zero-order valence-electron chi connectivity index (χ0n) is 7.98. The largest absolute Gasteiger partial charge is 0.399 e. The number of benzene rings is 1. The fourth-order valence-corrected chi connectivity index (χ4v) is 1.62. The molecule has 0 amide bonds. The molecule has 1 unspecified atom stereocenters. The zero-order valence-corrected chi connectivity index (χ0v) is 9.55. The van der Waals surface area contributed by atoms with Crippen LogP contribution in [0.25, 0.3) is 0 Å². The molecule has 6 heteroatoms. The van der Waals surface area contributed by atoms with E-state index in [1.807, 2.05) is 0 Å². The van der Waals surface area contributed by atoms with Crippen molar-refractivity contribution in [2.45, 2.75) is 4.71 Å². The van der Waals surface area contributed by atoms with E-state index in [1.54, 1.807) is 0 Å². The highest BCUT2D eigenvalue weighted by atomic mass is 35.5. The molecule has 0 radical (unpaired) electrons. The number of Topliss-reactive ketones (excluding diaryl/α,β-unsaturated/α-hetero) is 1. The molecule has 0 aliphatic rings. The van der Waals surface area contributed by atoms with Gasteiger partial charge >= 0.3 is 0 Å². The second kappa shape index (κ2) is 4.20. The first-order valence-corrected chi connectivity index (χ1v) is 6.44. The number of carbonyl (C=O) groups excluding carboxylic acids is 1. The summed E-state index contributed by atoms with van der Waals surface area (Å²) in [6.45, 7) is 0. The average molecular weight is 248 g/mol. The van der Waals surface area contributed by atoms with Crippen LogP contribution in [0.5, 0.6) is 0 Å². The topological polar surface area (TPSA) is 77.2 Å². The van der Waals surface area contributed by atoms with E-state index >= 15 is 0 Å². The van der Waals surface area contributed by atoms with Crippen LogP contribution >= 0.6 is 11.6 Å². The summed E-state index contributed by atoms with van der Waals surface area (Å²) >= 11 is 5.51. The molecule has 0 fully saturated rings. The van der Waals surface area contributed by atoms with Crippen molar-refractivity contribution in [3.8, 4) is 0 Å². The molecule has 1 aromatic rings. The molecular formula is C9H10ClNO3S. The lowest BCUT2D eigenvalue weighted by Crippen LogP contribution is -2.23. The van der Waals surface area contributed by atoms with Crippen LogP contribution in [-0.4, -0.2) is 25.2 Å². The van der Waals surface area contributed by atoms with Crippen molar-refractivity contribution in [1.29, 1.82) is 0 Å². The van der Waals surface area contributed by atoms with Crippen molar-refractivity contribution >= 4 is 32.9 Å². The van der Waals surface area contributed by atoms with Crippen LogP contribution in [0, 0.1) is 0 Å². The summed E-state index contributed by atoms with van der Waals surface area (Å²) in [7, 11) is -3.58. The van der Waals surface area contributed by atoms with E-state index in [2.05, 4.69) is 0 Å². The predicted molar refractivity (Wildman–Crippen MR) is 59.7 cm³/mol. The molecule has 15 heavy (non-hydrogen) atoms. The van der Waals surface area contributed by atoms with Gasteiger partial charge in [-0.25, -0.2) is 8.42 Å². The molecule has 0 aliphatic heterocycles. The molecular weight excluding hydrogens is 238 g/mol. The van der Waals surface area contributed by atoms with Crippen LogP contribution in [-0.2, 0) is 9.84 Å². The van der Waals surface area contributed by atoms with Gasteiger partial charge < -0.3 is 5.73 Å². The molecule has 0 saturated heterocycles. The van der Waals surface area contributed by atoms with Gasteiger partial charge in [0.15, 0.2) is 20.3 Å². The molecule has 1 atom stereocenters. The summed E-state index contributed by atoms with van der Waals surface area (Å²) in [5.41, 5.74) is 6.15. The highest BCUT2D eigenvalue weighted by Crippen LogP contribution is 2.14. The number of nitrogen functional groups attached to an aromatic ring is 1. The number of hydrogen-bond donors (Lipinski definition) is 1. The zero-order chi connectivity index (χ0) is 11.6. The van der Waals surface area contributed by atoms with Crippen molar-refractivity contribution < 1.29 is 13.2 Å². The molecule has 0 bridgehead atoms. The van der Waals surface area contributed by atoms with Crippen molar-refractivity contribution in [3.05, 3.63) is 29.8 Å². The lowest BCUT2D eigenvalue weighted by Gasteiger charge is -2.06. The summed E-state index contributed by atoms with van der Waals surface area (Å²) in [4.78, 5) is 11.6. The van der Waals surface area contributed by atoms with Gasteiger partial charge in [0.2, 0.25) is 0 Å². The molecule has 0 saturated carbocycles. The Morgan fingerprint density at radius 1 is 1.33 bits per heavy atom. The number of halogens is 1. The molecule has 4 nitrogen and oxygen atoms in total. The normalized spacial score (nSPS) is 13.5. The first kappa shape index (κ1) is 12.0. The van der Waals surface area contributed by atoms with Crippen LogP contribution in [0.15, 0.2) is 24.3 Å². The van der Waals surface area contributed by atoms with Gasteiger partial charge in [-0.2, -0.15) is 0 Å². The summed E-state index contributed by atoms with van der Waals surface area (Å²) in [5, 5.41) is 0. The van der Waals surface area contributed by atoms with Gasteiger partial charge in [0, 0.05) is 17.5 Å². The molecule has 0 heterocycles. The van der Waals surface area contributed by atoms with Crippen LogP contribution < -0.4 is 5.73 Å². The quantitative estimate of drug-likeness (QED) is 0.492. The summed E-state index contributed by atoms with van der Waals surface area (Å²) in [6.07, 6.45) is 0.917. The molecule has 2 N–H and O–H groups in total. The van der Waals surface area contributed by atoms with E-state index in [4.69, 9.17) is 17.3 Å². The Labute approximate surface area is 93.0 Å².